The zero-order valence-corrected chi connectivity index (χ0v) is 27.5. The van der Waals surface area contributed by atoms with Crippen LogP contribution < -0.4 is 0 Å². The highest BCUT2D eigenvalue weighted by atomic mass is 32.2. The minimum atomic E-state index is 0.498. The molecule has 0 radical (unpaired) electrons. The number of hydrogen-bond donors (Lipinski definition) is 0. The molecule has 9 aromatic rings. The number of hydrogen-bond acceptors (Lipinski definition) is 1. The first-order valence-corrected chi connectivity index (χ1v) is 17.2. The van der Waals surface area contributed by atoms with Crippen LogP contribution in [-0.2, 0) is 0 Å². The van der Waals surface area contributed by atoms with Crippen molar-refractivity contribution in [1.82, 2.24) is 4.40 Å². The summed E-state index contributed by atoms with van der Waals surface area (Å²) in [7, 11) is 0. The topological polar surface area (TPSA) is 4.41 Å². The number of benzene rings is 7. The van der Waals surface area contributed by atoms with E-state index in [1.165, 1.54) is 91.7 Å². The molecule has 0 N–H and O–H groups in total. The molecule has 7 aromatic carbocycles. The van der Waals surface area contributed by atoms with E-state index in [2.05, 4.69) is 159 Å². The molecule has 0 amide bonds. The molecule has 0 aliphatic heterocycles. The maximum atomic E-state index is 2.53. The van der Waals surface area contributed by atoms with Crippen molar-refractivity contribution in [2.24, 2.45) is 0 Å². The number of fused-ring (bicyclic) bond motifs is 8. The lowest BCUT2D eigenvalue weighted by molar-refractivity contribution is 0.869. The third-order valence-electron chi connectivity index (χ3n) is 9.85. The summed E-state index contributed by atoms with van der Waals surface area (Å²) in [5.74, 6) is 0.996. The van der Waals surface area contributed by atoms with Gasteiger partial charge in [0.2, 0.25) is 0 Å². The van der Waals surface area contributed by atoms with Crippen LogP contribution in [0.2, 0.25) is 0 Å². The van der Waals surface area contributed by atoms with Gasteiger partial charge in [0.1, 0.15) is 0 Å². The van der Waals surface area contributed by atoms with Crippen molar-refractivity contribution in [3.63, 3.8) is 0 Å². The van der Waals surface area contributed by atoms with Gasteiger partial charge < -0.3 is 4.40 Å². The SMILES string of the molecule is CC(C)c1ccc2cc3c(cc2c1)c1cc(-c2ccc(Sc4ccccc4)cc2)cc2c4cc5cc(C(C)C)ccc5cc4n3c12. The molecule has 46 heavy (non-hydrogen) atoms. The molecular weight excluding hydrogens is 575 g/mol. The molecule has 0 unspecified atom stereocenters. The predicted molar refractivity (Wildman–Crippen MR) is 200 cm³/mol. The van der Waals surface area contributed by atoms with Crippen LogP contribution in [0.1, 0.15) is 50.7 Å². The Morgan fingerprint density at radius 1 is 0.435 bits per heavy atom. The van der Waals surface area contributed by atoms with E-state index in [-0.39, 0.29) is 0 Å². The molecule has 0 saturated heterocycles. The van der Waals surface area contributed by atoms with Crippen molar-refractivity contribution in [1.29, 1.82) is 0 Å². The first-order valence-electron chi connectivity index (χ1n) is 16.4. The van der Waals surface area contributed by atoms with Crippen LogP contribution in [-0.4, -0.2) is 4.40 Å². The summed E-state index contributed by atoms with van der Waals surface area (Å²) >= 11 is 1.81. The first kappa shape index (κ1) is 27.5. The quantitative estimate of drug-likeness (QED) is 0.188. The fourth-order valence-corrected chi connectivity index (χ4v) is 8.13. The molecule has 2 heterocycles. The first-order chi connectivity index (χ1) is 22.4. The maximum Gasteiger partial charge on any atom is 0.0620 e. The van der Waals surface area contributed by atoms with Gasteiger partial charge in [0.05, 0.1) is 16.6 Å². The fourth-order valence-electron chi connectivity index (χ4n) is 7.29. The monoisotopic (exact) mass is 609 g/mol. The summed E-state index contributed by atoms with van der Waals surface area (Å²) in [5, 5.41) is 10.5. The molecule has 9 rings (SSSR count). The Kier molecular flexibility index (Phi) is 6.20. The van der Waals surface area contributed by atoms with Crippen LogP contribution in [0.3, 0.4) is 0 Å². The highest BCUT2D eigenvalue weighted by Crippen LogP contribution is 2.44. The van der Waals surface area contributed by atoms with Crippen molar-refractivity contribution >= 4 is 71.4 Å². The van der Waals surface area contributed by atoms with E-state index >= 15 is 0 Å². The van der Waals surface area contributed by atoms with Gasteiger partial charge in [0, 0.05) is 31.3 Å². The molecule has 0 fully saturated rings. The fraction of sp³-hybridized carbons (Fsp3) is 0.136. The van der Waals surface area contributed by atoms with Crippen LogP contribution in [0, 0.1) is 0 Å². The van der Waals surface area contributed by atoms with Gasteiger partial charge in [0.25, 0.3) is 0 Å². The van der Waals surface area contributed by atoms with Gasteiger partial charge in [-0.05, 0) is 116 Å². The summed E-state index contributed by atoms with van der Waals surface area (Å²) in [6.07, 6.45) is 0. The third-order valence-corrected chi connectivity index (χ3v) is 10.9. The molecule has 0 bridgehead atoms. The second kappa shape index (κ2) is 10.4. The van der Waals surface area contributed by atoms with Crippen LogP contribution in [0.5, 0.6) is 0 Å². The van der Waals surface area contributed by atoms with Crippen molar-refractivity contribution in [2.45, 2.75) is 49.3 Å². The Balaban J connectivity index is 1.32. The second-order valence-corrected chi connectivity index (χ2v) is 14.6. The summed E-state index contributed by atoms with van der Waals surface area (Å²) in [4.78, 5) is 2.51. The molecular formula is C44H35NS. The van der Waals surface area contributed by atoms with E-state index in [0.717, 1.165) is 0 Å². The largest absolute Gasteiger partial charge is 0.308 e. The summed E-state index contributed by atoms with van der Waals surface area (Å²) in [5.41, 5.74) is 9.16. The third kappa shape index (κ3) is 4.31. The van der Waals surface area contributed by atoms with Gasteiger partial charge in [-0.2, -0.15) is 0 Å². The number of rotatable bonds is 5. The second-order valence-electron chi connectivity index (χ2n) is 13.5. The standard InChI is InChI=1S/C44H35NS/c1-26(2)29-10-12-31-24-42-38(20-33(31)18-29)40-22-35(28-14-16-37(17-15-28)46-36-8-6-5-7-9-36)23-41-39-21-34-19-30(27(3)4)11-13-32(34)25-43(39)45(42)44(40)41/h5-27H,1-4H3. The molecule has 0 aliphatic carbocycles. The normalized spacial score (nSPS) is 12.4. The molecule has 222 valence electrons. The van der Waals surface area contributed by atoms with Crippen LogP contribution in [0.4, 0.5) is 0 Å². The van der Waals surface area contributed by atoms with Gasteiger partial charge in [-0.1, -0.05) is 106 Å². The molecule has 0 atom stereocenters. The minimum Gasteiger partial charge on any atom is -0.308 e. The van der Waals surface area contributed by atoms with Crippen molar-refractivity contribution in [3.8, 4) is 11.1 Å². The average molecular weight is 610 g/mol. The zero-order valence-electron chi connectivity index (χ0n) is 26.6. The van der Waals surface area contributed by atoms with Crippen LogP contribution >= 0.6 is 11.8 Å². The lowest BCUT2D eigenvalue weighted by Crippen LogP contribution is -1.88. The Hall–Kier alpha value is -4.79. The van der Waals surface area contributed by atoms with Gasteiger partial charge in [-0.15, -0.1) is 0 Å². The van der Waals surface area contributed by atoms with E-state index in [9.17, 15) is 0 Å². The number of nitrogens with zero attached hydrogens (tertiary/aromatic N) is 1. The smallest absolute Gasteiger partial charge is 0.0620 e. The van der Waals surface area contributed by atoms with Crippen LogP contribution in [0.15, 0.2) is 137 Å². The molecule has 0 saturated carbocycles. The highest BCUT2D eigenvalue weighted by Gasteiger charge is 2.20. The van der Waals surface area contributed by atoms with E-state index in [1.54, 1.807) is 0 Å². The van der Waals surface area contributed by atoms with Crippen LogP contribution in [0.25, 0.3) is 70.8 Å². The Morgan fingerprint density at radius 3 is 1.48 bits per heavy atom. The van der Waals surface area contributed by atoms with E-state index in [4.69, 9.17) is 0 Å². The Morgan fingerprint density at radius 2 is 0.957 bits per heavy atom. The molecule has 0 spiro atoms. The molecule has 2 aromatic heterocycles. The van der Waals surface area contributed by atoms with E-state index in [0.29, 0.717) is 11.8 Å². The molecule has 2 heteroatoms. The number of aromatic nitrogens is 1. The zero-order chi connectivity index (χ0) is 31.1. The highest BCUT2D eigenvalue weighted by molar-refractivity contribution is 7.99. The summed E-state index contributed by atoms with van der Waals surface area (Å²) < 4.78 is 2.53. The predicted octanol–water partition coefficient (Wildman–Crippen LogP) is 13.2. The van der Waals surface area contributed by atoms with Gasteiger partial charge in [-0.25, -0.2) is 0 Å². The van der Waals surface area contributed by atoms with Crippen molar-refractivity contribution < 1.29 is 0 Å². The van der Waals surface area contributed by atoms with Crippen molar-refractivity contribution in [3.05, 3.63) is 139 Å². The minimum absolute atomic E-state index is 0.498. The molecule has 0 aliphatic rings. The lowest BCUT2D eigenvalue weighted by atomic mass is 9.95. The van der Waals surface area contributed by atoms with E-state index < -0.39 is 0 Å². The summed E-state index contributed by atoms with van der Waals surface area (Å²) in [6, 6.07) is 48.2. The van der Waals surface area contributed by atoms with Gasteiger partial charge >= 0.3 is 0 Å². The average Bonchev–Trinajstić information content (AvgIpc) is 3.56. The Bertz CT molecular complexity index is 2450. The van der Waals surface area contributed by atoms with Crippen molar-refractivity contribution in [2.75, 3.05) is 0 Å². The van der Waals surface area contributed by atoms with Gasteiger partial charge in [-0.3, -0.25) is 0 Å². The lowest BCUT2D eigenvalue weighted by Gasteiger charge is -2.09. The Labute approximate surface area is 273 Å². The molecule has 1 nitrogen and oxygen atoms in total. The van der Waals surface area contributed by atoms with E-state index in [1.807, 2.05) is 11.8 Å². The maximum absolute atomic E-state index is 2.53. The summed E-state index contributed by atoms with van der Waals surface area (Å²) in [6.45, 7) is 9.10. The van der Waals surface area contributed by atoms with Gasteiger partial charge in [0.15, 0.2) is 0 Å².